The second-order valence-electron chi connectivity index (χ2n) is 4.69. The number of nitrogens with zero attached hydrogens (tertiary/aromatic N) is 2. The second-order valence-corrected chi connectivity index (χ2v) is 4.69. The summed E-state index contributed by atoms with van der Waals surface area (Å²) in [5, 5.41) is 10.3. The van der Waals surface area contributed by atoms with Crippen molar-refractivity contribution in [3.63, 3.8) is 0 Å². The summed E-state index contributed by atoms with van der Waals surface area (Å²) in [6.07, 6.45) is 2.05. The Morgan fingerprint density at radius 1 is 1.11 bits per heavy atom. The summed E-state index contributed by atoms with van der Waals surface area (Å²) in [5.41, 5.74) is 4.80. The van der Waals surface area contributed by atoms with Crippen molar-refractivity contribution in [2.75, 3.05) is 0 Å². The zero-order valence-electron chi connectivity index (χ0n) is 11.9. The molecule has 0 atom stereocenters. The SMILES string of the molecule is C=N/N=C(\C)c1c(CC)ccc2cc(CC)ccc12. The van der Waals surface area contributed by atoms with Gasteiger partial charge in [0.25, 0.3) is 0 Å². The van der Waals surface area contributed by atoms with Gasteiger partial charge in [0.2, 0.25) is 0 Å². The molecule has 0 fully saturated rings. The Bertz CT molecular complexity index is 639. The van der Waals surface area contributed by atoms with Gasteiger partial charge in [0, 0.05) is 12.3 Å². The number of aryl methyl sites for hydroxylation is 2. The highest BCUT2D eigenvalue weighted by atomic mass is 15.2. The molecule has 0 N–H and O–H groups in total. The molecule has 0 aliphatic rings. The van der Waals surface area contributed by atoms with Crippen molar-refractivity contribution >= 4 is 23.2 Å². The van der Waals surface area contributed by atoms with Crippen LogP contribution in [0.2, 0.25) is 0 Å². The van der Waals surface area contributed by atoms with Gasteiger partial charge in [-0.1, -0.05) is 44.2 Å². The summed E-state index contributed by atoms with van der Waals surface area (Å²) in [6, 6.07) is 11.0. The molecule has 0 saturated carbocycles. The average Bonchev–Trinajstić information content (AvgIpc) is 2.45. The molecule has 2 rings (SSSR count). The third kappa shape index (κ3) is 2.58. The summed E-state index contributed by atoms with van der Waals surface area (Å²) in [7, 11) is 0. The van der Waals surface area contributed by atoms with E-state index in [1.165, 1.54) is 27.5 Å². The highest BCUT2D eigenvalue weighted by Crippen LogP contribution is 2.25. The van der Waals surface area contributed by atoms with Crippen molar-refractivity contribution in [3.05, 3.63) is 47.0 Å². The van der Waals surface area contributed by atoms with Gasteiger partial charge in [-0.05, 0) is 41.7 Å². The first kappa shape index (κ1) is 13.5. The van der Waals surface area contributed by atoms with E-state index < -0.39 is 0 Å². The van der Waals surface area contributed by atoms with Crippen LogP contribution in [0.3, 0.4) is 0 Å². The van der Waals surface area contributed by atoms with Gasteiger partial charge in [-0.25, -0.2) is 0 Å². The van der Waals surface area contributed by atoms with Crippen molar-refractivity contribution in [1.82, 2.24) is 0 Å². The molecule has 0 unspecified atom stereocenters. The number of fused-ring (bicyclic) bond motifs is 1. The Balaban J connectivity index is 2.76. The Hall–Kier alpha value is -1.96. The van der Waals surface area contributed by atoms with Gasteiger partial charge in [0.15, 0.2) is 0 Å². The molecular weight excluding hydrogens is 232 g/mol. The molecular formula is C17H20N2. The Morgan fingerprint density at radius 2 is 1.89 bits per heavy atom. The topological polar surface area (TPSA) is 24.7 Å². The van der Waals surface area contributed by atoms with E-state index in [0.29, 0.717) is 0 Å². The molecule has 98 valence electrons. The lowest BCUT2D eigenvalue weighted by atomic mass is 9.93. The van der Waals surface area contributed by atoms with Crippen molar-refractivity contribution in [2.24, 2.45) is 10.2 Å². The largest absolute Gasteiger partial charge is 0.167 e. The van der Waals surface area contributed by atoms with Gasteiger partial charge in [-0.2, -0.15) is 10.2 Å². The lowest BCUT2D eigenvalue weighted by Gasteiger charge is -2.12. The van der Waals surface area contributed by atoms with Crippen LogP contribution in [0.25, 0.3) is 10.8 Å². The lowest BCUT2D eigenvalue weighted by molar-refractivity contribution is 1.13. The van der Waals surface area contributed by atoms with Gasteiger partial charge in [-0.3, -0.25) is 0 Å². The van der Waals surface area contributed by atoms with Gasteiger partial charge < -0.3 is 0 Å². The molecule has 19 heavy (non-hydrogen) atoms. The summed E-state index contributed by atoms with van der Waals surface area (Å²) >= 11 is 0. The van der Waals surface area contributed by atoms with Gasteiger partial charge in [0.05, 0.1) is 5.71 Å². The van der Waals surface area contributed by atoms with Crippen molar-refractivity contribution < 1.29 is 0 Å². The maximum atomic E-state index is 4.13. The van der Waals surface area contributed by atoms with Crippen LogP contribution in [-0.4, -0.2) is 12.4 Å². The number of hydrogen-bond acceptors (Lipinski definition) is 2. The van der Waals surface area contributed by atoms with Crippen LogP contribution in [0.4, 0.5) is 0 Å². The average molecular weight is 252 g/mol. The van der Waals surface area contributed by atoms with Crippen LogP contribution in [-0.2, 0) is 12.8 Å². The quantitative estimate of drug-likeness (QED) is 0.569. The first-order valence-corrected chi connectivity index (χ1v) is 6.76. The molecule has 0 saturated heterocycles. The van der Waals surface area contributed by atoms with E-state index in [4.69, 9.17) is 0 Å². The summed E-state index contributed by atoms with van der Waals surface area (Å²) in [5.74, 6) is 0. The maximum absolute atomic E-state index is 4.13. The fourth-order valence-corrected chi connectivity index (χ4v) is 2.52. The van der Waals surface area contributed by atoms with Crippen molar-refractivity contribution in [3.8, 4) is 0 Å². The molecule has 0 spiro atoms. The molecule has 0 aliphatic carbocycles. The highest BCUT2D eigenvalue weighted by molar-refractivity contribution is 6.11. The number of benzene rings is 2. The Morgan fingerprint density at radius 3 is 2.53 bits per heavy atom. The van der Waals surface area contributed by atoms with E-state index in [9.17, 15) is 0 Å². The molecule has 2 aromatic rings. The highest BCUT2D eigenvalue weighted by Gasteiger charge is 2.10. The van der Waals surface area contributed by atoms with Crippen LogP contribution >= 0.6 is 0 Å². The summed E-state index contributed by atoms with van der Waals surface area (Å²) < 4.78 is 0. The lowest BCUT2D eigenvalue weighted by Crippen LogP contribution is -2.01. The Kier molecular flexibility index (Phi) is 4.10. The predicted molar refractivity (Wildman–Crippen MR) is 84.5 cm³/mol. The third-order valence-corrected chi connectivity index (χ3v) is 3.54. The molecule has 0 aromatic heterocycles. The van der Waals surface area contributed by atoms with Gasteiger partial charge >= 0.3 is 0 Å². The molecule has 0 heterocycles. The van der Waals surface area contributed by atoms with E-state index in [-0.39, 0.29) is 0 Å². The van der Waals surface area contributed by atoms with Crippen molar-refractivity contribution in [2.45, 2.75) is 33.6 Å². The first-order valence-electron chi connectivity index (χ1n) is 6.76. The molecule has 2 aromatic carbocycles. The monoisotopic (exact) mass is 252 g/mol. The zero-order chi connectivity index (χ0) is 13.8. The second kappa shape index (κ2) is 5.79. The van der Waals surface area contributed by atoms with E-state index in [0.717, 1.165) is 18.6 Å². The predicted octanol–water partition coefficient (Wildman–Crippen LogP) is 4.39. The van der Waals surface area contributed by atoms with E-state index in [1.54, 1.807) is 0 Å². The first-order chi connectivity index (χ1) is 9.21. The molecule has 0 radical (unpaired) electrons. The Labute approximate surface area is 114 Å². The third-order valence-electron chi connectivity index (χ3n) is 3.54. The van der Waals surface area contributed by atoms with Gasteiger partial charge in [0.1, 0.15) is 0 Å². The van der Waals surface area contributed by atoms with Crippen LogP contribution < -0.4 is 0 Å². The molecule has 2 heteroatoms. The van der Waals surface area contributed by atoms with Crippen LogP contribution in [0, 0.1) is 0 Å². The number of hydrogen-bond donors (Lipinski definition) is 0. The summed E-state index contributed by atoms with van der Waals surface area (Å²) in [6.45, 7) is 9.79. The van der Waals surface area contributed by atoms with Crippen molar-refractivity contribution in [1.29, 1.82) is 0 Å². The minimum atomic E-state index is 0.932. The van der Waals surface area contributed by atoms with E-state index in [2.05, 4.69) is 61.1 Å². The number of rotatable bonds is 4. The zero-order valence-corrected chi connectivity index (χ0v) is 11.9. The van der Waals surface area contributed by atoms with Crippen LogP contribution in [0.15, 0.2) is 40.5 Å². The normalized spacial score (nSPS) is 11.8. The molecule has 0 aliphatic heterocycles. The fraction of sp³-hybridized carbons (Fsp3) is 0.294. The van der Waals surface area contributed by atoms with E-state index >= 15 is 0 Å². The van der Waals surface area contributed by atoms with Crippen LogP contribution in [0.5, 0.6) is 0 Å². The summed E-state index contributed by atoms with van der Waals surface area (Å²) in [4.78, 5) is 0. The molecule has 0 bridgehead atoms. The standard InChI is InChI=1S/C17H20N2/c1-5-13-7-10-16-15(11-13)9-8-14(6-2)17(16)12(3)19-18-4/h7-11H,4-6H2,1-3H3/b19-12+. The fourth-order valence-electron chi connectivity index (χ4n) is 2.52. The van der Waals surface area contributed by atoms with Crippen LogP contribution in [0.1, 0.15) is 37.5 Å². The minimum Gasteiger partial charge on any atom is -0.167 e. The van der Waals surface area contributed by atoms with E-state index in [1.807, 2.05) is 6.92 Å². The molecule has 0 amide bonds. The minimum absolute atomic E-state index is 0.932. The molecule has 2 nitrogen and oxygen atoms in total. The maximum Gasteiger partial charge on any atom is 0.0680 e. The smallest absolute Gasteiger partial charge is 0.0680 e. The van der Waals surface area contributed by atoms with Gasteiger partial charge in [-0.15, -0.1) is 0 Å².